The molecule has 21 heavy (non-hydrogen) atoms. The van der Waals surface area contributed by atoms with E-state index in [1.165, 1.54) is 36.4 Å². The first kappa shape index (κ1) is 15.9. The fourth-order valence-electron chi connectivity index (χ4n) is 1.63. The molecule has 2 aromatic rings. The fourth-order valence-corrected chi connectivity index (χ4v) is 3.81. The molecule has 0 aliphatic rings. The molecule has 110 valence electrons. The summed E-state index contributed by atoms with van der Waals surface area (Å²) < 4.78 is 24.9. The van der Waals surface area contributed by atoms with Gasteiger partial charge in [-0.15, -0.1) is 11.8 Å². The normalized spacial score (nSPS) is 11.3. The van der Waals surface area contributed by atoms with Crippen LogP contribution in [0.3, 0.4) is 0 Å². The van der Waals surface area contributed by atoms with E-state index >= 15 is 0 Å². The van der Waals surface area contributed by atoms with Crippen LogP contribution in [-0.4, -0.2) is 25.2 Å². The summed E-state index contributed by atoms with van der Waals surface area (Å²) in [5.74, 6) is -1.07. The summed E-state index contributed by atoms with van der Waals surface area (Å²) >= 11 is 6.82. The van der Waals surface area contributed by atoms with E-state index in [9.17, 15) is 13.2 Å². The van der Waals surface area contributed by atoms with Crippen molar-refractivity contribution in [3.8, 4) is 0 Å². The molecule has 4 nitrogen and oxygen atoms in total. The maximum atomic E-state index is 12.5. The lowest BCUT2D eigenvalue weighted by molar-refractivity contribution is -0.133. The van der Waals surface area contributed by atoms with Crippen molar-refractivity contribution < 1.29 is 18.3 Å². The highest BCUT2D eigenvalue weighted by molar-refractivity contribution is 8.00. The maximum Gasteiger partial charge on any atom is 0.313 e. The zero-order valence-electron chi connectivity index (χ0n) is 10.7. The molecule has 0 fully saturated rings. The van der Waals surface area contributed by atoms with Crippen LogP contribution in [-0.2, 0) is 14.6 Å². The molecule has 0 aliphatic heterocycles. The van der Waals surface area contributed by atoms with Crippen molar-refractivity contribution in [1.82, 2.24) is 0 Å². The van der Waals surface area contributed by atoms with E-state index < -0.39 is 15.8 Å². The Morgan fingerprint density at radius 3 is 2.38 bits per heavy atom. The predicted molar refractivity (Wildman–Crippen MR) is 81.7 cm³/mol. The molecule has 0 atom stereocenters. The molecule has 0 bridgehead atoms. The Hall–Kier alpha value is -1.50. The average molecular weight is 343 g/mol. The Labute approximate surface area is 131 Å². The van der Waals surface area contributed by atoms with Crippen LogP contribution < -0.4 is 0 Å². The van der Waals surface area contributed by atoms with Crippen LogP contribution in [0, 0.1) is 0 Å². The zero-order chi connectivity index (χ0) is 15.5. The standard InChI is InChI=1S/C14H11ClO4S2/c15-10-4-6-12(7-5-10)21(18,19)13-3-1-2-11(8-13)20-9-14(16)17/h1-8H,9H2,(H,16,17). The van der Waals surface area contributed by atoms with Gasteiger partial charge in [-0.25, -0.2) is 8.42 Å². The summed E-state index contributed by atoms with van der Waals surface area (Å²) in [7, 11) is -3.64. The lowest BCUT2D eigenvalue weighted by Crippen LogP contribution is -2.02. The molecular formula is C14H11ClO4S2. The summed E-state index contributed by atoms with van der Waals surface area (Å²) in [4.78, 5) is 11.4. The van der Waals surface area contributed by atoms with Crippen molar-refractivity contribution in [3.63, 3.8) is 0 Å². The number of benzene rings is 2. The van der Waals surface area contributed by atoms with Crippen LogP contribution in [0.5, 0.6) is 0 Å². The number of hydrogen-bond donors (Lipinski definition) is 1. The molecule has 7 heteroatoms. The fraction of sp³-hybridized carbons (Fsp3) is 0.0714. The molecule has 0 saturated heterocycles. The number of sulfone groups is 1. The van der Waals surface area contributed by atoms with Crippen molar-refractivity contribution in [3.05, 3.63) is 53.6 Å². The summed E-state index contributed by atoms with van der Waals surface area (Å²) in [5.41, 5.74) is 0. The van der Waals surface area contributed by atoms with Gasteiger partial charge in [0, 0.05) is 9.92 Å². The van der Waals surface area contributed by atoms with Gasteiger partial charge in [0.2, 0.25) is 9.84 Å². The first-order chi connectivity index (χ1) is 9.89. The SMILES string of the molecule is O=C(O)CSc1cccc(S(=O)(=O)c2ccc(Cl)cc2)c1. The van der Waals surface area contributed by atoms with E-state index in [2.05, 4.69) is 0 Å². The molecule has 0 amide bonds. The van der Waals surface area contributed by atoms with Gasteiger partial charge in [-0.05, 0) is 42.5 Å². The Bertz CT molecular complexity index is 755. The summed E-state index contributed by atoms with van der Waals surface area (Å²) in [6, 6.07) is 12.1. The number of carboxylic acids is 1. The summed E-state index contributed by atoms with van der Waals surface area (Å²) in [6.45, 7) is 0. The number of aliphatic carboxylic acids is 1. The largest absolute Gasteiger partial charge is 0.481 e. The minimum atomic E-state index is -3.64. The van der Waals surface area contributed by atoms with Crippen LogP contribution in [0.1, 0.15) is 0 Å². The molecular weight excluding hydrogens is 332 g/mol. The third-order valence-electron chi connectivity index (χ3n) is 2.60. The first-order valence-electron chi connectivity index (χ1n) is 5.85. The third-order valence-corrected chi connectivity index (χ3v) is 5.60. The molecule has 0 heterocycles. The van der Waals surface area contributed by atoms with E-state index in [-0.39, 0.29) is 15.5 Å². The number of hydrogen-bond acceptors (Lipinski definition) is 4. The molecule has 0 unspecified atom stereocenters. The second-order valence-corrected chi connectivity index (χ2v) is 7.55. The highest BCUT2D eigenvalue weighted by atomic mass is 35.5. The monoisotopic (exact) mass is 342 g/mol. The van der Waals surface area contributed by atoms with Gasteiger partial charge in [0.25, 0.3) is 0 Å². The van der Waals surface area contributed by atoms with Crippen molar-refractivity contribution in [2.24, 2.45) is 0 Å². The second kappa shape index (κ2) is 6.51. The average Bonchev–Trinajstić information content (AvgIpc) is 2.46. The Balaban J connectivity index is 2.34. The van der Waals surface area contributed by atoms with Crippen molar-refractivity contribution in [2.45, 2.75) is 14.7 Å². The quantitative estimate of drug-likeness (QED) is 0.844. The van der Waals surface area contributed by atoms with Crippen molar-refractivity contribution >= 4 is 39.2 Å². The van der Waals surface area contributed by atoms with Crippen molar-refractivity contribution in [1.29, 1.82) is 0 Å². The van der Waals surface area contributed by atoms with Crippen LogP contribution in [0.15, 0.2) is 63.2 Å². The van der Waals surface area contributed by atoms with Gasteiger partial charge in [-0.3, -0.25) is 4.79 Å². The highest BCUT2D eigenvalue weighted by Gasteiger charge is 2.18. The molecule has 2 aromatic carbocycles. The number of rotatable bonds is 5. The van der Waals surface area contributed by atoms with Gasteiger partial charge in [-0.1, -0.05) is 17.7 Å². The zero-order valence-corrected chi connectivity index (χ0v) is 13.1. The lowest BCUT2D eigenvalue weighted by Gasteiger charge is -2.06. The highest BCUT2D eigenvalue weighted by Crippen LogP contribution is 2.26. The summed E-state index contributed by atoms with van der Waals surface area (Å²) in [6.07, 6.45) is 0. The molecule has 2 rings (SSSR count). The van der Waals surface area contributed by atoms with Crippen LogP contribution in [0.25, 0.3) is 0 Å². The van der Waals surface area contributed by atoms with E-state index in [4.69, 9.17) is 16.7 Å². The second-order valence-electron chi connectivity index (χ2n) is 4.11. The van der Waals surface area contributed by atoms with Gasteiger partial charge in [0.15, 0.2) is 0 Å². The first-order valence-corrected chi connectivity index (χ1v) is 8.69. The van der Waals surface area contributed by atoms with Crippen LogP contribution in [0.4, 0.5) is 0 Å². The van der Waals surface area contributed by atoms with Gasteiger partial charge in [0.05, 0.1) is 15.5 Å². The van der Waals surface area contributed by atoms with E-state index in [1.54, 1.807) is 12.1 Å². The van der Waals surface area contributed by atoms with E-state index in [0.717, 1.165) is 11.8 Å². The lowest BCUT2D eigenvalue weighted by atomic mass is 10.4. The molecule has 0 radical (unpaired) electrons. The topological polar surface area (TPSA) is 71.4 Å². The predicted octanol–water partition coefficient (Wildman–Crippen LogP) is 3.35. The number of carboxylic acid groups (broad SMARTS) is 1. The number of halogens is 1. The van der Waals surface area contributed by atoms with Crippen molar-refractivity contribution in [2.75, 3.05) is 5.75 Å². The van der Waals surface area contributed by atoms with E-state index in [1.807, 2.05) is 0 Å². The molecule has 0 saturated carbocycles. The molecule has 0 aliphatic carbocycles. The van der Waals surface area contributed by atoms with Crippen LogP contribution >= 0.6 is 23.4 Å². The number of carbonyl (C=O) groups is 1. The molecule has 1 N–H and O–H groups in total. The maximum absolute atomic E-state index is 12.5. The minimum Gasteiger partial charge on any atom is -0.481 e. The van der Waals surface area contributed by atoms with Gasteiger partial charge in [-0.2, -0.15) is 0 Å². The van der Waals surface area contributed by atoms with E-state index in [0.29, 0.717) is 9.92 Å². The summed E-state index contributed by atoms with van der Waals surface area (Å²) in [5, 5.41) is 9.11. The Morgan fingerprint density at radius 2 is 1.76 bits per heavy atom. The Morgan fingerprint density at radius 1 is 1.10 bits per heavy atom. The minimum absolute atomic E-state index is 0.121. The van der Waals surface area contributed by atoms with Gasteiger partial charge < -0.3 is 5.11 Å². The van der Waals surface area contributed by atoms with Crippen LogP contribution in [0.2, 0.25) is 5.02 Å². The number of thioether (sulfide) groups is 1. The smallest absolute Gasteiger partial charge is 0.313 e. The van der Waals surface area contributed by atoms with Gasteiger partial charge in [0.1, 0.15) is 0 Å². The Kier molecular flexibility index (Phi) is 4.92. The molecule has 0 spiro atoms. The third kappa shape index (κ3) is 4.00. The van der Waals surface area contributed by atoms with Gasteiger partial charge >= 0.3 is 5.97 Å². The molecule has 0 aromatic heterocycles.